The number of hydrogen-bond acceptors (Lipinski definition) is 3. The van der Waals surface area contributed by atoms with Crippen LogP contribution in [0.1, 0.15) is 10.4 Å². The maximum atomic E-state index is 11.4. The average molecular weight is 273 g/mol. The number of aldehydes is 1. The Bertz CT molecular complexity index is 972. The van der Waals surface area contributed by atoms with Gasteiger partial charge in [0, 0.05) is 5.39 Å². The van der Waals surface area contributed by atoms with E-state index < -0.39 is 0 Å². The van der Waals surface area contributed by atoms with Crippen LogP contribution < -0.4 is 0 Å². The number of imidazole rings is 1. The van der Waals surface area contributed by atoms with Gasteiger partial charge in [-0.25, -0.2) is 9.97 Å². The van der Waals surface area contributed by atoms with Crippen molar-refractivity contribution in [2.75, 3.05) is 0 Å². The van der Waals surface area contributed by atoms with Crippen molar-refractivity contribution in [3.63, 3.8) is 0 Å². The van der Waals surface area contributed by atoms with Gasteiger partial charge in [-0.05, 0) is 24.3 Å². The van der Waals surface area contributed by atoms with Crippen molar-refractivity contribution in [2.45, 2.75) is 0 Å². The maximum absolute atomic E-state index is 11.4. The predicted molar refractivity (Wildman–Crippen MR) is 81.8 cm³/mol. The third-order valence-corrected chi connectivity index (χ3v) is 3.54. The highest BCUT2D eigenvalue weighted by Gasteiger charge is 2.11. The summed E-state index contributed by atoms with van der Waals surface area (Å²) in [5.41, 5.74) is 3.22. The zero-order valence-corrected chi connectivity index (χ0v) is 11.1. The Kier molecular flexibility index (Phi) is 2.54. The fraction of sp³-hybridized carbons (Fsp3) is 0. The summed E-state index contributed by atoms with van der Waals surface area (Å²) >= 11 is 0. The molecule has 0 aliphatic rings. The van der Waals surface area contributed by atoms with Gasteiger partial charge in [0.1, 0.15) is 12.1 Å². The number of benzene rings is 2. The molecule has 2 heterocycles. The molecule has 0 aliphatic heterocycles. The molecule has 0 saturated carbocycles. The van der Waals surface area contributed by atoms with Gasteiger partial charge in [0.25, 0.3) is 0 Å². The van der Waals surface area contributed by atoms with E-state index in [2.05, 4.69) is 9.97 Å². The van der Waals surface area contributed by atoms with Crippen LogP contribution in [0.5, 0.6) is 0 Å². The van der Waals surface area contributed by atoms with E-state index in [1.54, 1.807) is 6.33 Å². The first-order valence-corrected chi connectivity index (χ1v) is 6.64. The van der Waals surface area contributed by atoms with Crippen molar-refractivity contribution >= 4 is 28.2 Å². The fourth-order valence-corrected chi connectivity index (χ4v) is 2.53. The van der Waals surface area contributed by atoms with Crippen molar-refractivity contribution in [2.24, 2.45) is 0 Å². The minimum atomic E-state index is 0.553. The van der Waals surface area contributed by atoms with Gasteiger partial charge in [0.05, 0.1) is 22.1 Å². The number of nitrogens with zero attached hydrogens (tertiary/aromatic N) is 3. The smallest absolute Gasteiger partial charge is 0.153 e. The van der Waals surface area contributed by atoms with Gasteiger partial charge in [0.15, 0.2) is 6.29 Å². The zero-order chi connectivity index (χ0) is 14.2. The second-order valence-corrected chi connectivity index (χ2v) is 4.82. The number of para-hydroxylation sites is 3. The normalized spacial score (nSPS) is 11.0. The molecule has 0 fully saturated rings. The van der Waals surface area contributed by atoms with Gasteiger partial charge < -0.3 is 0 Å². The molecule has 100 valence electrons. The Morgan fingerprint density at radius 3 is 2.57 bits per heavy atom. The first kappa shape index (κ1) is 11.8. The average Bonchev–Trinajstić information content (AvgIpc) is 2.97. The minimum Gasteiger partial charge on any atom is -0.298 e. The number of carbonyl (C=O) groups excluding carboxylic acids is 1. The molecule has 2 aromatic heterocycles. The van der Waals surface area contributed by atoms with E-state index >= 15 is 0 Å². The molecule has 0 N–H and O–H groups in total. The third-order valence-electron chi connectivity index (χ3n) is 3.54. The summed E-state index contributed by atoms with van der Waals surface area (Å²) in [4.78, 5) is 20.4. The van der Waals surface area contributed by atoms with E-state index in [1.807, 2.05) is 59.2 Å². The van der Waals surface area contributed by atoms with Gasteiger partial charge in [0.2, 0.25) is 0 Å². The summed E-state index contributed by atoms with van der Waals surface area (Å²) in [6, 6.07) is 17.4. The highest BCUT2D eigenvalue weighted by molar-refractivity contribution is 5.90. The summed E-state index contributed by atoms with van der Waals surface area (Å²) in [5, 5.41) is 0.952. The molecule has 4 aromatic rings. The zero-order valence-electron chi connectivity index (χ0n) is 11.1. The molecule has 0 unspecified atom stereocenters. The lowest BCUT2D eigenvalue weighted by molar-refractivity contribution is 0.112. The van der Waals surface area contributed by atoms with Gasteiger partial charge in [-0.2, -0.15) is 0 Å². The third kappa shape index (κ3) is 1.80. The van der Waals surface area contributed by atoms with E-state index in [-0.39, 0.29) is 0 Å². The quantitative estimate of drug-likeness (QED) is 0.526. The topological polar surface area (TPSA) is 47.8 Å². The molecular formula is C17H11N3O. The number of aromatic nitrogens is 3. The van der Waals surface area contributed by atoms with Crippen LogP contribution in [0.4, 0.5) is 0 Å². The van der Waals surface area contributed by atoms with Crippen molar-refractivity contribution in [3.05, 3.63) is 66.5 Å². The van der Waals surface area contributed by atoms with E-state index in [9.17, 15) is 4.79 Å². The molecule has 4 nitrogen and oxygen atoms in total. The number of rotatable bonds is 2. The highest BCUT2D eigenvalue weighted by Crippen LogP contribution is 2.22. The molecule has 21 heavy (non-hydrogen) atoms. The van der Waals surface area contributed by atoms with Crippen LogP contribution in [0.3, 0.4) is 0 Å². The van der Waals surface area contributed by atoms with Crippen LogP contribution >= 0.6 is 0 Å². The van der Waals surface area contributed by atoms with Crippen LogP contribution in [-0.2, 0) is 0 Å². The van der Waals surface area contributed by atoms with E-state index in [1.165, 1.54) is 0 Å². The lowest BCUT2D eigenvalue weighted by atomic mass is 10.1. The Labute approximate surface area is 120 Å². The molecule has 0 spiro atoms. The first-order valence-electron chi connectivity index (χ1n) is 6.64. The Hall–Kier alpha value is -3.01. The second-order valence-electron chi connectivity index (χ2n) is 4.82. The molecule has 0 amide bonds. The lowest BCUT2D eigenvalue weighted by Crippen LogP contribution is -2.01. The molecular weight excluding hydrogens is 262 g/mol. The molecule has 4 rings (SSSR count). The van der Waals surface area contributed by atoms with Crippen molar-refractivity contribution in [3.8, 4) is 5.82 Å². The van der Waals surface area contributed by atoms with Crippen molar-refractivity contribution in [1.29, 1.82) is 0 Å². The van der Waals surface area contributed by atoms with Crippen LogP contribution in [0.2, 0.25) is 0 Å². The van der Waals surface area contributed by atoms with Crippen LogP contribution in [0.15, 0.2) is 60.9 Å². The summed E-state index contributed by atoms with van der Waals surface area (Å²) in [6.07, 6.45) is 2.54. The number of pyridine rings is 1. The number of fused-ring (bicyclic) bond motifs is 2. The standard InChI is InChI=1S/C17H11N3O/c21-10-13-9-12-5-1-2-6-14(12)19-17(13)20-11-18-15-7-3-4-8-16(15)20/h1-11H. The van der Waals surface area contributed by atoms with Gasteiger partial charge in [-0.1, -0.05) is 30.3 Å². The van der Waals surface area contributed by atoms with E-state index in [0.717, 1.165) is 28.2 Å². The Morgan fingerprint density at radius 1 is 0.952 bits per heavy atom. The highest BCUT2D eigenvalue weighted by atomic mass is 16.1. The van der Waals surface area contributed by atoms with E-state index in [0.29, 0.717) is 11.4 Å². The number of hydrogen-bond donors (Lipinski definition) is 0. The number of carbonyl (C=O) groups is 1. The molecule has 2 aromatic carbocycles. The summed E-state index contributed by atoms with van der Waals surface area (Å²) < 4.78 is 1.85. The van der Waals surface area contributed by atoms with Crippen LogP contribution in [0, 0.1) is 0 Å². The molecule has 0 radical (unpaired) electrons. The monoisotopic (exact) mass is 273 g/mol. The molecule has 0 aliphatic carbocycles. The van der Waals surface area contributed by atoms with Crippen LogP contribution in [0.25, 0.3) is 27.8 Å². The van der Waals surface area contributed by atoms with Gasteiger partial charge in [-0.15, -0.1) is 0 Å². The second kappa shape index (κ2) is 4.52. The molecule has 0 atom stereocenters. The first-order chi connectivity index (χ1) is 10.4. The summed E-state index contributed by atoms with van der Waals surface area (Å²) in [7, 11) is 0. The predicted octanol–water partition coefficient (Wildman–Crippen LogP) is 3.39. The van der Waals surface area contributed by atoms with Crippen LogP contribution in [-0.4, -0.2) is 20.8 Å². The molecule has 4 heteroatoms. The van der Waals surface area contributed by atoms with Gasteiger partial charge >= 0.3 is 0 Å². The van der Waals surface area contributed by atoms with Gasteiger partial charge in [-0.3, -0.25) is 9.36 Å². The molecule has 0 bridgehead atoms. The Morgan fingerprint density at radius 2 is 1.71 bits per heavy atom. The van der Waals surface area contributed by atoms with Crippen molar-refractivity contribution in [1.82, 2.24) is 14.5 Å². The Balaban J connectivity index is 2.07. The summed E-state index contributed by atoms with van der Waals surface area (Å²) in [5.74, 6) is 0.609. The minimum absolute atomic E-state index is 0.553. The van der Waals surface area contributed by atoms with Crippen molar-refractivity contribution < 1.29 is 4.79 Å². The fourth-order valence-electron chi connectivity index (χ4n) is 2.53. The molecule has 0 saturated heterocycles. The SMILES string of the molecule is O=Cc1cc2ccccc2nc1-n1cnc2ccccc21. The largest absolute Gasteiger partial charge is 0.298 e. The van der Waals surface area contributed by atoms with E-state index in [4.69, 9.17) is 0 Å². The summed E-state index contributed by atoms with van der Waals surface area (Å²) in [6.45, 7) is 0. The maximum Gasteiger partial charge on any atom is 0.153 e. The lowest BCUT2D eigenvalue weighted by Gasteiger charge is -2.08.